The van der Waals surface area contributed by atoms with Gasteiger partial charge in [0.25, 0.3) is 0 Å². The fourth-order valence-corrected chi connectivity index (χ4v) is 5.51. The third-order valence-corrected chi connectivity index (χ3v) is 7.13. The molecule has 0 saturated heterocycles. The average Bonchev–Trinajstić information content (AvgIpc) is 2.98. The van der Waals surface area contributed by atoms with Crippen LogP contribution in [0.5, 0.6) is 0 Å². The number of hydrogen-bond donors (Lipinski definition) is 0. The molecule has 0 fully saturated rings. The van der Waals surface area contributed by atoms with E-state index in [1.165, 1.54) is 54.0 Å². The molecule has 0 aliphatic carbocycles. The Labute approximate surface area is 136 Å². The topological polar surface area (TPSA) is 0 Å². The van der Waals surface area contributed by atoms with Crippen LogP contribution in [0.15, 0.2) is 34.1 Å². The maximum atomic E-state index is 3.63. The summed E-state index contributed by atoms with van der Waals surface area (Å²) in [6.45, 7) is 4.43. The predicted molar refractivity (Wildman–Crippen MR) is 96.2 cm³/mol. The van der Waals surface area contributed by atoms with Crippen LogP contribution in [0.25, 0.3) is 19.8 Å². The minimum Gasteiger partial charge on any atom is -0.134 e. The van der Waals surface area contributed by atoms with Crippen molar-refractivity contribution in [2.45, 2.75) is 33.1 Å². The summed E-state index contributed by atoms with van der Waals surface area (Å²) in [5, 5.41) is 0. The molecule has 104 valence electrons. The molecule has 0 nitrogen and oxygen atoms in total. The lowest BCUT2D eigenvalue weighted by molar-refractivity contribution is 0.795. The Bertz CT molecular complexity index is 719. The second-order valence-corrected chi connectivity index (χ2v) is 8.53. The van der Waals surface area contributed by atoms with Crippen molar-refractivity contribution in [3.8, 4) is 10.4 Å². The van der Waals surface area contributed by atoms with Crippen LogP contribution >= 0.6 is 38.6 Å². The molecule has 0 unspecified atom stereocenters. The number of thiophene rings is 2. The first-order valence-corrected chi connectivity index (χ1v) is 9.39. The van der Waals surface area contributed by atoms with Crippen LogP contribution in [-0.2, 0) is 6.42 Å². The molecule has 20 heavy (non-hydrogen) atoms. The van der Waals surface area contributed by atoms with E-state index in [1.54, 1.807) is 0 Å². The van der Waals surface area contributed by atoms with Gasteiger partial charge in [-0.25, -0.2) is 0 Å². The second-order valence-electron chi connectivity index (χ2n) is 5.11. The quantitative estimate of drug-likeness (QED) is 0.465. The standard InChI is InChI=1S/C17H17BrS2/c1-3-4-5-12-6-8-13(9-7-12)14-10-15-16(19-14)11(2)17(18)20-15/h6-10H,3-5H2,1-2H3. The molecule has 1 aromatic carbocycles. The summed E-state index contributed by atoms with van der Waals surface area (Å²) >= 11 is 7.36. The Balaban J connectivity index is 1.90. The summed E-state index contributed by atoms with van der Waals surface area (Å²) in [4.78, 5) is 1.38. The summed E-state index contributed by atoms with van der Waals surface area (Å²) in [5.41, 5.74) is 4.17. The first-order valence-electron chi connectivity index (χ1n) is 6.96. The Morgan fingerprint density at radius 2 is 1.85 bits per heavy atom. The molecule has 0 amide bonds. The van der Waals surface area contributed by atoms with Gasteiger partial charge in [0.05, 0.1) is 3.79 Å². The van der Waals surface area contributed by atoms with Crippen LogP contribution < -0.4 is 0 Å². The van der Waals surface area contributed by atoms with Crippen LogP contribution in [0, 0.1) is 6.92 Å². The first kappa shape index (κ1) is 14.3. The van der Waals surface area contributed by atoms with Crippen LogP contribution in [0.1, 0.15) is 30.9 Å². The number of hydrogen-bond acceptors (Lipinski definition) is 2. The first-order chi connectivity index (χ1) is 9.69. The third kappa shape index (κ3) is 2.72. The van der Waals surface area contributed by atoms with Crippen molar-refractivity contribution >= 4 is 48.0 Å². The normalized spacial score (nSPS) is 11.3. The van der Waals surface area contributed by atoms with Gasteiger partial charge in [0.2, 0.25) is 0 Å². The summed E-state index contributed by atoms with van der Waals surface area (Å²) in [7, 11) is 0. The van der Waals surface area contributed by atoms with Crippen LogP contribution in [-0.4, -0.2) is 0 Å². The van der Waals surface area contributed by atoms with Gasteiger partial charge in [-0.05, 0) is 58.5 Å². The molecule has 3 heteroatoms. The Kier molecular flexibility index (Phi) is 4.29. The maximum Gasteiger partial charge on any atom is 0.0748 e. The molecule has 2 heterocycles. The van der Waals surface area contributed by atoms with Gasteiger partial charge in [0, 0.05) is 14.3 Å². The lowest BCUT2D eigenvalue weighted by Crippen LogP contribution is -1.83. The van der Waals surface area contributed by atoms with Gasteiger partial charge in [-0.2, -0.15) is 0 Å². The zero-order valence-corrected chi connectivity index (χ0v) is 14.9. The summed E-state index contributed by atoms with van der Waals surface area (Å²) in [5.74, 6) is 0. The monoisotopic (exact) mass is 364 g/mol. The third-order valence-electron chi connectivity index (χ3n) is 3.59. The van der Waals surface area contributed by atoms with Crippen LogP contribution in [0.4, 0.5) is 0 Å². The number of rotatable bonds is 4. The van der Waals surface area contributed by atoms with E-state index in [1.807, 2.05) is 22.7 Å². The Hall–Kier alpha value is -0.640. The molecule has 0 bridgehead atoms. The van der Waals surface area contributed by atoms with E-state index in [4.69, 9.17) is 0 Å². The number of aryl methyl sites for hydroxylation is 2. The van der Waals surface area contributed by atoms with Crippen molar-refractivity contribution < 1.29 is 0 Å². The van der Waals surface area contributed by atoms with Gasteiger partial charge in [0.15, 0.2) is 0 Å². The van der Waals surface area contributed by atoms with E-state index >= 15 is 0 Å². The zero-order valence-electron chi connectivity index (χ0n) is 11.7. The minimum atomic E-state index is 1.20. The van der Waals surface area contributed by atoms with Crippen LogP contribution in [0.2, 0.25) is 0 Å². The van der Waals surface area contributed by atoms with E-state index in [-0.39, 0.29) is 0 Å². The number of unbranched alkanes of at least 4 members (excludes halogenated alkanes) is 1. The van der Waals surface area contributed by atoms with E-state index in [9.17, 15) is 0 Å². The Morgan fingerprint density at radius 1 is 1.10 bits per heavy atom. The van der Waals surface area contributed by atoms with Gasteiger partial charge in [-0.1, -0.05) is 37.6 Å². The molecule has 0 atom stereocenters. The lowest BCUT2D eigenvalue weighted by atomic mass is 10.1. The second kappa shape index (κ2) is 6.00. The molecular formula is C17H17BrS2. The van der Waals surface area contributed by atoms with Gasteiger partial charge in [-0.15, -0.1) is 22.7 Å². The summed E-state index contributed by atoms with van der Waals surface area (Å²) < 4.78 is 4.08. The van der Waals surface area contributed by atoms with E-state index in [2.05, 4.69) is 60.1 Å². The molecule has 0 radical (unpaired) electrons. The predicted octanol–water partition coefficient (Wildman–Crippen LogP) is 7.04. The molecule has 0 aliphatic heterocycles. The van der Waals surface area contributed by atoms with Crippen molar-refractivity contribution in [2.75, 3.05) is 0 Å². The fraction of sp³-hybridized carbons (Fsp3) is 0.294. The number of fused-ring (bicyclic) bond motifs is 1. The fourth-order valence-electron chi connectivity index (χ4n) is 2.33. The minimum absolute atomic E-state index is 1.20. The van der Waals surface area contributed by atoms with Crippen molar-refractivity contribution in [3.63, 3.8) is 0 Å². The summed E-state index contributed by atoms with van der Waals surface area (Å²) in [6, 6.07) is 11.4. The van der Waals surface area contributed by atoms with E-state index < -0.39 is 0 Å². The largest absolute Gasteiger partial charge is 0.134 e. The van der Waals surface area contributed by atoms with Gasteiger partial charge < -0.3 is 0 Å². The molecule has 3 aromatic rings. The SMILES string of the molecule is CCCCc1ccc(-c2cc3sc(Br)c(C)c3s2)cc1. The van der Waals surface area contributed by atoms with Gasteiger partial charge >= 0.3 is 0 Å². The van der Waals surface area contributed by atoms with E-state index in [0.717, 1.165) is 0 Å². The van der Waals surface area contributed by atoms with Crippen molar-refractivity contribution in [1.82, 2.24) is 0 Å². The average molecular weight is 365 g/mol. The number of benzene rings is 1. The highest BCUT2D eigenvalue weighted by Crippen LogP contribution is 2.43. The van der Waals surface area contributed by atoms with Crippen LogP contribution in [0.3, 0.4) is 0 Å². The lowest BCUT2D eigenvalue weighted by Gasteiger charge is -2.02. The molecule has 0 aliphatic rings. The highest BCUT2D eigenvalue weighted by atomic mass is 79.9. The van der Waals surface area contributed by atoms with Gasteiger partial charge in [-0.3, -0.25) is 0 Å². The molecular weight excluding hydrogens is 348 g/mol. The van der Waals surface area contributed by atoms with Crippen molar-refractivity contribution in [3.05, 3.63) is 45.2 Å². The number of halogens is 1. The molecule has 3 rings (SSSR count). The molecule has 0 saturated carbocycles. The Morgan fingerprint density at radius 3 is 2.50 bits per heavy atom. The molecule has 0 spiro atoms. The smallest absolute Gasteiger partial charge is 0.0748 e. The highest BCUT2D eigenvalue weighted by Gasteiger charge is 2.11. The van der Waals surface area contributed by atoms with E-state index in [0.29, 0.717) is 0 Å². The molecule has 2 aromatic heterocycles. The van der Waals surface area contributed by atoms with Gasteiger partial charge in [0.1, 0.15) is 0 Å². The highest BCUT2D eigenvalue weighted by molar-refractivity contribution is 9.11. The van der Waals surface area contributed by atoms with Crippen molar-refractivity contribution in [2.24, 2.45) is 0 Å². The summed E-state index contributed by atoms with van der Waals surface area (Å²) in [6.07, 6.45) is 3.74. The van der Waals surface area contributed by atoms with Crippen molar-refractivity contribution in [1.29, 1.82) is 0 Å². The maximum absolute atomic E-state index is 3.63. The zero-order chi connectivity index (χ0) is 14.1. The molecule has 0 N–H and O–H groups in total.